The fourth-order valence-corrected chi connectivity index (χ4v) is 2.34. The van der Waals surface area contributed by atoms with Crippen molar-refractivity contribution in [3.8, 4) is 11.5 Å². The standard InChI is InChI=1S/C17H17NO3/c1-20-14-7-9-15(10-8-14)21-16(19)18-17(11-12-17)13-5-3-2-4-6-13/h2-10H,11-12H2,1H3,(H,18,19). The fraction of sp³-hybridized carbons (Fsp3) is 0.235. The maximum absolute atomic E-state index is 12.0. The van der Waals surface area contributed by atoms with Gasteiger partial charge in [0.25, 0.3) is 0 Å². The second-order valence-electron chi connectivity index (χ2n) is 5.14. The SMILES string of the molecule is COc1ccc(OC(=O)NC2(c3ccccc3)CC2)cc1. The topological polar surface area (TPSA) is 47.6 Å². The second kappa shape index (κ2) is 5.48. The smallest absolute Gasteiger partial charge is 0.413 e. The average Bonchev–Trinajstić information content (AvgIpc) is 3.29. The molecule has 0 aromatic heterocycles. The van der Waals surface area contributed by atoms with Crippen molar-refractivity contribution < 1.29 is 14.3 Å². The summed E-state index contributed by atoms with van der Waals surface area (Å²) in [6.07, 6.45) is 1.45. The minimum atomic E-state index is -0.429. The van der Waals surface area contributed by atoms with Crippen LogP contribution in [0.1, 0.15) is 18.4 Å². The van der Waals surface area contributed by atoms with Gasteiger partial charge in [0.15, 0.2) is 0 Å². The molecule has 108 valence electrons. The maximum Gasteiger partial charge on any atom is 0.413 e. The van der Waals surface area contributed by atoms with Crippen LogP contribution in [0.5, 0.6) is 11.5 Å². The molecule has 4 heteroatoms. The number of hydrogen-bond donors (Lipinski definition) is 1. The van der Waals surface area contributed by atoms with Gasteiger partial charge in [0.05, 0.1) is 12.6 Å². The molecule has 0 aliphatic heterocycles. The van der Waals surface area contributed by atoms with E-state index in [4.69, 9.17) is 9.47 Å². The van der Waals surface area contributed by atoms with Gasteiger partial charge in [-0.05, 0) is 42.7 Å². The van der Waals surface area contributed by atoms with Gasteiger partial charge in [-0.15, -0.1) is 0 Å². The lowest BCUT2D eigenvalue weighted by Crippen LogP contribution is -2.36. The quantitative estimate of drug-likeness (QED) is 0.934. The number of carbonyl (C=O) groups excluding carboxylic acids is 1. The summed E-state index contributed by atoms with van der Waals surface area (Å²) in [6, 6.07) is 16.9. The first-order chi connectivity index (χ1) is 10.2. The van der Waals surface area contributed by atoms with Crippen LogP contribution in [0.3, 0.4) is 0 Å². The summed E-state index contributed by atoms with van der Waals surface area (Å²) < 4.78 is 10.4. The van der Waals surface area contributed by atoms with Crippen LogP contribution in [-0.4, -0.2) is 13.2 Å². The number of carbonyl (C=O) groups is 1. The minimum Gasteiger partial charge on any atom is -0.497 e. The van der Waals surface area contributed by atoms with Crippen LogP contribution >= 0.6 is 0 Å². The molecule has 0 spiro atoms. The lowest BCUT2D eigenvalue weighted by atomic mass is 10.1. The largest absolute Gasteiger partial charge is 0.497 e. The molecule has 2 aromatic carbocycles. The van der Waals surface area contributed by atoms with Gasteiger partial charge in [0, 0.05) is 0 Å². The Morgan fingerprint density at radius 1 is 1.00 bits per heavy atom. The summed E-state index contributed by atoms with van der Waals surface area (Å²) in [6.45, 7) is 0. The monoisotopic (exact) mass is 283 g/mol. The minimum absolute atomic E-state index is 0.259. The van der Waals surface area contributed by atoms with E-state index in [1.54, 1.807) is 31.4 Å². The highest BCUT2D eigenvalue weighted by molar-refractivity contribution is 5.72. The van der Waals surface area contributed by atoms with E-state index in [0.29, 0.717) is 5.75 Å². The molecule has 1 fully saturated rings. The Hall–Kier alpha value is -2.49. The molecule has 1 aliphatic carbocycles. The van der Waals surface area contributed by atoms with Crippen molar-refractivity contribution in [1.82, 2.24) is 5.32 Å². The van der Waals surface area contributed by atoms with Crippen LogP contribution in [0.4, 0.5) is 4.79 Å². The number of nitrogens with one attached hydrogen (secondary N) is 1. The van der Waals surface area contributed by atoms with E-state index >= 15 is 0 Å². The second-order valence-corrected chi connectivity index (χ2v) is 5.14. The average molecular weight is 283 g/mol. The third-order valence-corrected chi connectivity index (χ3v) is 3.69. The van der Waals surface area contributed by atoms with Crippen LogP contribution in [-0.2, 0) is 5.54 Å². The van der Waals surface area contributed by atoms with E-state index in [9.17, 15) is 4.79 Å². The highest BCUT2D eigenvalue weighted by Crippen LogP contribution is 2.45. The van der Waals surface area contributed by atoms with Gasteiger partial charge in [-0.2, -0.15) is 0 Å². The third kappa shape index (κ3) is 2.99. The Bertz CT molecular complexity index is 618. The first-order valence-corrected chi connectivity index (χ1v) is 6.91. The first-order valence-electron chi connectivity index (χ1n) is 6.91. The van der Waals surface area contributed by atoms with Crippen molar-refractivity contribution in [2.75, 3.05) is 7.11 Å². The summed E-state index contributed by atoms with van der Waals surface area (Å²) in [4.78, 5) is 12.0. The van der Waals surface area contributed by atoms with Gasteiger partial charge < -0.3 is 14.8 Å². The third-order valence-electron chi connectivity index (χ3n) is 3.69. The number of amides is 1. The molecule has 0 saturated heterocycles. The molecule has 0 heterocycles. The molecular formula is C17H17NO3. The van der Waals surface area contributed by atoms with Gasteiger partial charge in [-0.1, -0.05) is 30.3 Å². The summed E-state index contributed by atoms with van der Waals surface area (Å²) in [7, 11) is 1.60. The number of methoxy groups -OCH3 is 1. The molecule has 21 heavy (non-hydrogen) atoms. The predicted molar refractivity (Wildman–Crippen MR) is 79.5 cm³/mol. The molecule has 1 amide bonds. The van der Waals surface area contributed by atoms with Crippen LogP contribution in [0.25, 0.3) is 0 Å². The van der Waals surface area contributed by atoms with Crippen LogP contribution in [0.15, 0.2) is 54.6 Å². The number of hydrogen-bond acceptors (Lipinski definition) is 3. The van der Waals surface area contributed by atoms with Gasteiger partial charge >= 0.3 is 6.09 Å². The van der Waals surface area contributed by atoms with E-state index in [0.717, 1.165) is 24.2 Å². The van der Waals surface area contributed by atoms with E-state index in [1.165, 1.54) is 0 Å². The summed E-state index contributed by atoms with van der Waals surface area (Å²) in [5.74, 6) is 1.22. The fourth-order valence-electron chi connectivity index (χ4n) is 2.34. The Labute approximate surface area is 123 Å². The van der Waals surface area contributed by atoms with Crippen molar-refractivity contribution in [3.63, 3.8) is 0 Å². The lowest BCUT2D eigenvalue weighted by molar-refractivity contribution is 0.194. The molecule has 0 atom stereocenters. The lowest BCUT2D eigenvalue weighted by Gasteiger charge is -2.17. The summed E-state index contributed by atoms with van der Waals surface area (Å²) >= 11 is 0. The maximum atomic E-state index is 12.0. The molecule has 0 bridgehead atoms. The number of ether oxygens (including phenoxy) is 2. The highest BCUT2D eigenvalue weighted by atomic mass is 16.6. The zero-order valence-corrected chi connectivity index (χ0v) is 11.8. The van der Waals surface area contributed by atoms with Gasteiger partial charge in [0.1, 0.15) is 11.5 Å². The molecule has 3 rings (SSSR count). The van der Waals surface area contributed by atoms with Crippen molar-refractivity contribution in [3.05, 3.63) is 60.2 Å². The zero-order valence-electron chi connectivity index (χ0n) is 11.8. The Morgan fingerprint density at radius 2 is 1.62 bits per heavy atom. The van der Waals surface area contributed by atoms with Crippen molar-refractivity contribution in [1.29, 1.82) is 0 Å². The Balaban J connectivity index is 1.64. The van der Waals surface area contributed by atoms with Gasteiger partial charge in [-0.25, -0.2) is 4.79 Å². The van der Waals surface area contributed by atoms with Crippen LogP contribution in [0.2, 0.25) is 0 Å². The summed E-state index contributed by atoms with van der Waals surface area (Å²) in [5, 5.41) is 2.97. The predicted octanol–water partition coefficient (Wildman–Crippen LogP) is 3.47. The molecule has 1 N–H and O–H groups in total. The van der Waals surface area contributed by atoms with E-state index < -0.39 is 6.09 Å². The number of benzene rings is 2. The molecule has 0 unspecified atom stereocenters. The molecule has 2 aromatic rings. The first kappa shape index (κ1) is 13.5. The zero-order chi connectivity index (χ0) is 14.7. The summed E-state index contributed by atoms with van der Waals surface area (Å²) in [5.41, 5.74) is 0.863. The Kier molecular flexibility index (Phi) is 3.52. The molecular weight excluding hydrogens is 266 g/mol. The van der Waals surface area contributed by atoms with Crippen molar-refractivity contribution in [2.45, 2.75) is 18.4 Å². The van der Waals surface area contributed by atoms with Crippen LogP contribution < -0.4 is 14.8 Å². The van der Waals surface area contributed by atoms with Crippen molar-refractivity contribution in [2.24, 2.45) is 0 Å². The molecule has 1 aliphatic rings. The van der Waals surface area contributed by atoms with E-state index in [2.05, 4.69) is 5.32 Å². The molecule has 1 saturated carbocycles. The van der Waals surface area contributed by atoms with E-state index in [1.807, 2.05) is 30.3 Å². The van der Waals surface area contributed by atoms with E-state index in [-0.39, 0.29) is 5.54 Å². The van der Waals surface area contributed by atoms with Crippen molar-refractivity contribution >= 4 is 6.09 Å². The number of rotatable bonds is 4. The van der Waals surface area contributed by atoms with Gasteiger partial charge in [-0.3, -0.25) is 0 Å². The van der Waals surface area contributed by atoms with Crippen LogP contribution in [0, 0.1) is 0 Å². The molecule has 0 radical (unpaired) electrons. The van der Waals surface area contributed by atoms with Gasteiger partial charge in [0.2, 0.25) is 0 Å². The molecule has 4 nitrogen and oxygen atoms in total. The Morgan fingerprint density at radius 3 is 2.19 bits per heavy atom. The normalized spacial score (nSPS) is 15.1. The highest BCUT2D eigenvalue weighted by Gasteiger charge is 2.46.